The Balaban J connectivity index is 1.08. The molecular weight excluding hydrogens is 641 g/mol. The van der Waals surface area contributed by atoms with Crippen LogP contribution in [-0.2, 0) is 0 Å². The zero-order valence-electron chi connectivity index (χ0n) is 29.7. The number of fused-ring (bicyclic) bond motifs is 3. The summed E-state index contributed by atoms with van der Waals surface area (Å²) in [6, 6.07) is 67.2. The van der Waals surface area contributed by atoms with Crippen molar-refractivity contribution >= 4 is 67.7 Å². The molecule has 252 valence electrons. The van der Waals surface area contributed by atoms with Crippen molar-refractivity contribution in [3.05, 3.63) is 210 Å². The Morgan fingerprint density at radius 2 is 1.06 bits per heavy atom. The second kappa shape index (κ2) is 13.7. The van der Waals surface area contributed by atoms with Gasteiger partial charge >= 0.3 is 0 Å². The van der Waals surface area contributed by atoms with Crippen LogP contribution in [0.3, 0.4) is 0 Å². The summed E-state index contributed by atoms with van der Waals surface area (Å²) in [5, 5.41) is 8.22. The second-order valence-electron chi connectivity index (χ2n) is 13.5. The molecule has 2 nitrogen and oxygen atoms in total. The minimum atomic E-state index is 1.03. The van der Waals surface area contributed by atoms with Crippen molar-refractivity contribution in [2.75, 3.05) is 4.90 Å². The van der Waals surface area contributed by atoms with E-state index in [2.05, 4.69) is 223 Å². The van der Waals surface area contributed by atoms with Gasteiger partial charge in [0.1, 0.15) is 0 Å². The molecule has 2 heteroatoms. The Morgan fingerprint density at radius 3 is 1.79 bits per heavy atom. The van der Waals surface area contributed by atoms with Crippen LogP contribution in [0.25, 0.3) is 67.5 Å². The number of benzene rings is 8. The van der Waals surface area contributed by atoms with E-state index in [-0.39, 0.29) is 0 Å². The zero-order chi connectivity index (χ0) is 35.7. The summed E-state index contributed by atoms with van der Waals surface area (Å²) >= 11 is 0. The van der Waals surface area contributed by atoms with Crippen molar-refractivity contribution in [2.24, 2.45) is 0 Å². The SMILES string of the molecule is C=c1/c(=C\C=C(/C)c2ccc(N(c3ccccc3)c3ccc(-c4cccc5ccccc45)cc3)cc2)n(-c2cccc3ccccc23)c2ccccc12. The maximum Gasteiger partial charge on any atom is 0.0541 e. The van der Waals surface area contributed by atoms with Crippen LogP contribution in [-0.4, -0.2) is 4.57 Å². The monoisotopic (exact) mass is 678 g/mol. The minimum absolute atomic E-state index is 1.03. The molecule has 1 aromatic heterocycles. The van der Waals surface area contributed by atoms with E-state index < -0.39 is 0 Å². The topological polar surface area (TPSA) is 8.17 Å². The number of nitrogens with zero attached hydrogens (tertiary/aromatic N) is 2. The maximum absolute atomic E-state index is 4.56. The molecule has 53 heavy (non-hydrogen) atoms. The third-order valence-corrected chi connectivity index (χ3v) is 10.3. The standard InChI is InChI=1S/C51H38N2/c1-36(26-35-49-37(2)45-20-10-11-24-50(45)53(49)51-25-13-17-40-15-7-9-22-48(40)51)38-27-31-43(32-28-38)52(42-18-4-3-5-19-42)44-33-29-41(30-34-44)47-23-12-16-39-14-6-8-21-46(39)47/h3-35H,2H2,1H3/b36-26+,49-35+. The smallest absolute Gasteiger partial charge is 0.0541 e. The first-order valence-electron chi connectivity index (χ1n) is 18.1. The molecule has 9 rings (SSSR count). The summed E-state index contributed by atoms with van der Waals surface area (Å²) in [6.45, 7) is 6.74. The minimum Gasteiger partial charge on any atom is -0.311 e. The molecule has 0 saturated heterocycles. The molecule has 0 spiro atoms. The average Bonchev–Trinajstić information content (AvgIpc) is 3.51. The average molecular weight is 679 g/mol. The summed E-state index contributed by atoms with van der Waals surface area (Å²) in [6.07, 6.45) is 4.45. The largest absolute Gasteiger partial charge is 0.311 e. The van der Waals surface area contributed by atoms with Crippen LogP contribution in [0.1, 0.15) is 12.5 Å². The molecule has 0 fully saturated rings. The van der Waals surface area contributed by atoms with E-state index >= 15 is 0 Å². The van der Waals surface area contributed by atoms with Gasteiger partial charge in [0.05, 0.1) is 16.6 Å². The summed E-state index contributed by atoms with van der Waals surface area (Å²) in [5.74, 6) is 0. The van der Waals surface area contributed by atoms with Crippen LogP contribution in [0.2, 0.25) is 0 Å². The highest BCUT2D eigenvalue weighted by Gasteiger charge is 2.14. The first-order chi connectivity index (χ1) is 26.1. The molecule has 0 N–H and O–H groups in total. The lowest BCUT2D eigenvalue weighted by Gasteiger charge is -2.26. The first kappa shape index (κ1) is 32.0. The van der Waals surface area contributed by atoms with Gasteiger partial charge in [-0.1, -0.05) is 152 Å². The highest BCUT2D eigenvalue weighted by Crippen LogP contribution is 2.37. The van der Waals surface area contributed by atoms with Gasteiger partial charge in [-0.15, -0.1) is 0 Å². The van der Waals surface area contributed by atoms with Crippen LogP contribution < -0.4 is 15.5 Å². The molecule has 0 aliphatic heterocycles. The Bertz CT molecular complexity index is 2890. The molecule has 9 aromatic rings. The van der Waals surface area contributed by atoms with E-state index in [9.17, 15) is 0 Å². The van der Waals surface area contributed by atoms with Gasteiger partial charge in [0.2, 0.25) is 0 Å². The molecule has 0 atom stereocenters. The Labute approximate surface area is 310 Å². The number of anilines is 3. The third-order valence-electron chi connectivity index (χ3n) is 10.3. The third kappa shape index (κ3) is 5.91. The van der Waals surface area contributed by atoms with Crippen LogP contribution in [0.15, 0.2) is 194 Å². The number of allylic oxidation sites excluding steroid dienone is 2. The molecule has 1 heterocycles. The van der Waals surface area contributed by atoms with E-state index in [0.29, 0.717) is 0 Å². The fraction of sp³-hybridized carbons (Fsp3) is 0.0196. The van der Waals surface area contributed by atoms with Gasteiger partial charge in [-0.3, -0.25) is 0 Å². The summed E-state index contributed by atoms with van der Waals surface area (Å²) < 4.78 is 2.36. The quantitative estimate of drug-likeness (QED) is 0.163. The van der Waals surface area contributed by atoms with Gasteiger partial charge in [0, 0.05) is 33.1 Å². The van der Waals surface area contributed by atoms with Gasteiger partial charge in [-0.25, -0.2) is 0 Å². The number of rotatable bonds is 7. The van der Waals surface area contributed by atoms with Crippen molar-refractivity contribution < 1.29 is 0 Å². The van der Waals surface area contributed by atoms with Gasteiger partial charge < -0.3 is 9.47 Å². The maximum atomic E-state index is 4.56. The van der Waals surface area contributed by atoms with Gasteiger partial charge in [0.25, 0.3) is 0 Å². The van der Waals surface area contributed by atoms with Crippen LogP contribution in [0.5, 0.6) is 0 Å². The summed E-state index contributed by atoms with van der Waals surface area (Å²) in [4.78, 5) is 2.32. The molecule has 0 bridgehead atoms. The lowest BCUT2D eigenvalue weighted by atomic mass is 9.98. The second-order valence-corrected chi connectivity index (χ2v) is 13.5. The predicted octanol–water partition coefficient (Wildman–Crippen LogP) is 12.4. The van der Waals surface area contributed by atoms with E-state index in [0.717, 1.165) is 44.2 Å². The number of para-hydroxylation sites is 2. The molecule has 8 aromatic carbocycles. The molecule has 0 saturated carbocycles. The van der Waals surface area contributed by atoms with Gasteiger partial charge in [-0.05, 0) is 100.0 Å². The molecule has 0 aliphatic carbocycles. The molecule has 0 unspecified atom stereocenters. The molecule has 0 amide bonds. The molecule has 0 radical (unpaired) electrons. The summed E-state index contributed by atoms with van der Waals surface area (Å²) in [7, 11) is 0. The lowest BCUT2D eigenvalue weighted by Crippen LogP contribution is -2.27. The summed E-state index contributed by atoms with van der Waals surface area (Å²) in [5.41, 5.74) is 10.4. The first-order valence-corrected chi connectivity index (χ1v) is 18.1. The number of hydrogen-bond donors (Lipinski definition) is 0. The number of hydrogen-bond acceptors (Lipinski definition) is 1. The van der Waals surface area contributed by atoms with E-state index in [4.69, 9.17) is 0 Å². The Morgan fingerprint density at radius 1 is 0.509 bits per heavy atom. The van der Waals surface area contributed by atoms with Crippen LogP contribution in [0.4, 0.5) is 17.1 Å². The fourth-order valence-electron chi connectivity index (χ4n) is 7.63. The van der Waals surface area contributed by atoms with Crippen molar-refractivity contribution in [3.63, 3.8) is 0 Å². The zero-order valence-corrected chi connectivity index (χ0v) is 29.7. The predicted molar refractivity (Wildman–Crippen MR) is 228 cm³/mol. The van der Waals surface area contributed by atoms with Crippen molar-refractivity contribution in [1.29, 1.82) is 0 Å². The highest BCUT2D eigenvalue weighted by molar-refractivity contribution is 5.97. The molecule has 0 aliphatic rings. The number of aromatic nitrogens is 1. The highest BCUT2D eigenvalue weighted by atomic mass is 15.1. The van der Waals surface area contributed by atoms with Gasteiger partial charge in [0.15, 0.2) is 0 Å². The molecular formula is C51H38N2. The Kier molecular flexibility index (Phi) is 8.26. The lowest BCUT2D eigenvalue weighted by molar-refractivity contribution is 1.08. The van der Waals surface area contributed by atoms with E-state index in [1.54, 1.807) is 0 Å². The fourth-order valence-corrected chi connectivity index (χ4v) is 7.63. The van der Waals surface area contributed by atoms with Crippen molar-refractivity contribution in [3.8, 4) is 16.8 Å². The normalized spacial score (nSPS) is 12.2. The van der Waals surface area contributed by atoms with Crippen LogP contribution in [0, 0.1) is 0 Å². The Hall–Kier alpha value is -6.90. The van der Waals surface area contributed by atoms with Crippen molar-refractivity contribution in [2.45, 2.75) is 6.92 Å². The van der Waals surface area contributed by atoms with Gasteiger partial charge in [-0.2, -0.15) is 0 Å². The van der Waals surface area contributed by atoms with E-state index in [1.807, 2.05) is 0 Å². The van der Waals surface area contributed by atoms with Crippen LogP contribution >= 0.6 is 0 Å². The van der Waals surface area contributed by atoms with E-state index in [1.165, 1.54) is 43.8 Å². The van der Waals surface area contributed by atoms with Crippen molar-refractivity contribution in [1.82, 2.24) is 4.57 Å².